The van der Waals surface area contributed by atoms with Crippen LogP contribution in [0.4, 0.5) is 0 Å². The van der Waals surface area contributed by atoms with E-state index in [1.807, 2.05) is 0 Å². The zero-order chi connectivity index (χ0) is 16.3. The Kier molecular flexibility index (Phi) is 5.20. The largest absolute Gasteiger partial charge is 0.478 e. The van der Waals surface area contributed by atoms with Crippen LogP contribution in [0.1, 0.15) is 40.0 Å². The van der Waals surface area contributed by atoms with Crippen molar-refractivity contribution >= 4 is 11.9 Å². The Hall–Kier alpha value is -1.86. The lowest BCUT2D eigenvalue weighted by atomic mass is 10.2. The number of amides is 1. The standard InChI is InChI=1S/C15H21NO6/c1-4-12-11(15(18)19)6-13(22-12)14(17)16-7-10(21-3)5-9(16)8-20-2/h6,9-10H,4-5,7-8H2,1-3H3,(H,18,19)/t9-,10-/m0/s1. The van der Waals surface area contributed by atoms with Crippen LogP contribution in [0.2, 0.25) is 0 Å². The third-order valence-electron chi connectivity index (χ3n) is 3.90. The minimum atomic E-state index is -1.09. The maximum atomic E-state index is 12.6. The number of carbonyl (C=O) groups is 2. The number of carboxylic acids is 1. The minimum absolute atomic E-state index is 0.0385. The summed E-state index contributed by atoms with van der Waals surface area (Å²) in [6, 6.07) is 1.19. The molecule has 0 unspecified atom stereocenters. The Morgan fingerprint density at radius 3 is 2.68 bits per heavy atom. The van der Waals surface area contributed by atoms with E-state index in [4.69, 9.17) is 19.0 Å². The molecule has 122 valence electrons. The number of carbonyl (C=O) groups excluding carboxylic acids is 1. The SMILES string of the molecule is CCc1oc(C(=O)N2C[C@@H](OC)C[C@H]2COC)cc1C(=O)O. The van der Waals surface area contributed by atoms with Gasteiger partial charge >= 0.3 is 5.97 Å². The van der Waals surface area contributed by atoms with Crippen molar-refractivity contribution < 1.29 is 28.6 Å². The highest BCUT2D eigenvalue weighted by molar-refractivity contribution is 5.96. The Balaban J connectivity index is 2.24. The number of aryl methyl sites for hydroxylation is 1. The van der Waals surface area contributed by atoms with Gasteiger partial charge in [-0.15, -0.1) is 0 Å². The Labute approximate surface area is 128 Å². The van der Waals surface area contributed by atoms with Gasteiger partial charge in [0.15, 0.2) is 5.76 Å². The smallest absolute Gasteiger partial charge is 0.339 e. The summed E-state index contributed by atoms with van der Waals surface area (Å²) in [5.74, 6) is -1.07. The highest BCUT2D eigenvalue weighted by Gasteiger charge is 2.37. The lowest BCUT2D eigenvalue weighted by Gasteiger charge is -2.22. The van der Waals surface area contributed by atoms with Crippen LogP contribution in [0.25, 0.3) is 0 Å². The van der Waals surface area contributed by atoms with Gasteiger partial charge in [-0.05, 0) is 6.42 Å². The summed E-state index contributed by atoms with van der Waals surface area (Å²) in [6.45, 7) is 2.62. The van der Waals surface area contributed by atoms with Crippen molar-refractivity contribution in [2.24, 2.45) is 0 Å². The summed E-state index contributed by atoms with van der Waals surface area (Å²) >= 11 is 0. The molecule has 22 heavy (non-hydrogen) atoms. The van der Waals surface area contributed by atoms with Crippen LogP contribution in [0.15, 0.2) is 10.5 Å². The van der Waals surface area contributed by atoms with Gasteiger partial charge in [-0.1, -0.05) is 6.92 Å². The van der Waals surface area contributed by atoms with Crippen LogP contribution in [-0.4, -0.2) is 61.4 Å². The third-order valence-corrected chi connectivity index (χ3v) is 3.90. The summed E-state index contributed by atoms with van der Waals surface area (Å²) in [5.41, 5.74) is 0.0385. The van der Waals surface area contributed by atoms with Crippen LogP contribution >= 0.6 is 0 Å². The molecule has 2 heterocycles. The van der Waals surface area contributed by atoms with Gasteiger partial charge in [-0.2, -0.15) is 0 Å². The fourth-order valence-electron chi connectivity index (χ4n) is 2.76. The molecule has 0 spiro atoms. The number of rotatable bonds is 6. The molecule has 1 N–H and O–H groups in total. The second-order valence-electron chi connectivity index (χ2n) is 5.27. The second kappa shape index (κ2) is 6.93. The Morgan fingerprint density at radius 2 is 2.18 bits per heavy atom. The summed E-state index contributed by atoms with van der Waals surface area (Å²) in [5, 5.41) is 9.15. The fourth-order valence-corrected chi connectivity index (χ4v) is 2.76. The molecular formula is C15H21NO6. The van der Waals surface area contributed by atoms with Crippen molar-refractivity contribution in [2.75, 3.05) is 27.4 Å². The molecule has 7 nitrogen and oxygen atoms in total. The summed E-state index contributed by atoms with van der Waals surface area (Å²) in [6.07, 6.45) is 1.05. The van der Waals surface area contributed by atoms with E-state index in [1.165, 1.54) is 6.07 Å². The number of ether oxygens (including phenoxy) is 2. The van der Waals surface area contributed by atoms with Gasteiger partial charge < -0.3 is 23.9 Å². The Morgan fingerprint density at radius 1 is 1.45 bits per heavy atom. The number of hydrogen-bond donors (Lipinski definition) is 1. The highest BCUT2D eigenvalue weighted by Crippen LogP contribution is 2.25. The lowest BCUT2D eigenvalue weighted by Crippen LogP contribution is -2.38. The minimum Gasteiger partial charge on any atom is -0.478 e. The van der Waals surface area contributed by atoms with Crippen LogP contribution in [0, 0.1) is 0 Å². The summed E-state index contributed by atoms with van der Waals surface area (Å²) < 4.78 is 15.9. The molecule has 0 radical (unpaired) electrons. The van der Waals surface area contributed by atoms with E-state index >= 15 is 0 Å². The quantitative estimate of drug-likeness (QED) is 0.854. The number of methoxy groups -OCH3 is 2. The molecule has 7 heteroatoms. The van der Waals surface area contributed by atoms with Gasteiger partial charge in [0.05, 0.1) is 18.8 Å². The zero-order valence-corrected chi connectivity index (χ0v) is 13.0. The average molecular weight is 311 g/mol. The predicted octanol–water partition coefficient (Wildman–Crippen LogP) is 1.42. The molecule has 1 aliphatic rings. The molecule has 1 aliphatic heterocycles. The Bertz CT molecular complexity index is 552. The number of aromatic carboxylic acids is 1. The van der Waals surface area contributed by atoms with E-state index in [0.29, 0.717) is 31.8 Å². The number of nitrogens with zero attached hydrogens (tertiary/aromatic N) is 1. The van der Waals surface area contributed by atoms with Crippen LogP contribution in [0.3, 0.4) is 0 Å². The maximum Gasteiger partial charge on any atom is 0.339 e. The van der Waals surface area contributed by atoms with Crippen LogP contribution in [-0.2, 0) is 15.9 Å². The molecule has 2 rings (SSSR count). The molecule has 0 bridgehead atoms. The first-order valence-electron chi connectivity index (χ1n) is 7.20. The number of hydrogen-bond acceptors (Lipinski definition) is 5. The van der Waals surface area contributed by atoms with Crippen LogP contribution in [0.5, 0.6) is 0 Å². The van der Waals surface area contributed by atoms with E-state index in [-0.39, 0.29) is 29.4 Å². The van der Waals surface area contributed by atoms with Crippen molar-refractivity contribution in [3.05, 3.63) is 23.2 Å². The molecule has 1 aromatic rings. The van der Waals surface area contributed by atoms with E-state index in [2.05, 4.69) is 0 Å². The number of furan rings is 1. The van der Waals surface area contributed by atoms with Gasteiger partial charge in [0.2, 0.25) is 0 Å². The monoisotopic (exact) mass is 311 g/mol. The molecule has 1 aromatic heterocycles. The molecule has 0 saturated carbocycles. The summed E-state index contributed by atoms with van der Waals surface area (Å²) in [4.78, 5) is 25.4. The number of likely N-dealkylation sites (tertiary alicyclic amines) is 1. The van der Waals surface area contributed by atoms with Gasteiger partial charge in [-0.25, -0.2) is 4.79 Å². The lowest BCUT2D eigenvalue weighted by molar-refractivity contribution is 0.0580. The van der Waals surface area contributed by atoms with E-state index in [9.17, 15) is 9.59 Å². The van der Waals surface area contributed by atoms with Crippen molar-refractivity contribution in [3.63, 3.8) is 0 Å². The van der Waals surface area contributed by atoms with Gasteiger partial charge in [0.25, 0.3) is 5.91 Å². The molecule has 1 fully saturated rings. The molecule has 1 saturated heterocycles. The fraction of sp³-hybridized carbons (Fsp3) is 0.600. The first kappa shape index (κ1) is 16.5. The van der Waals surface area contributed by atoms with Crippen molar-refractivity contribution in [1.29, 1.82) is 0 Å². The maximum absolute atomic E-state index is 12.6. The third kappa shape index (κ3) is 3.15. The zero-order valence-electron chi connectivity index (χ0n) is 13.0. The topological polar surface area (TPSA) is 89.2 Å². The van der Waals surface area contributed by atoms with Gasteiger partial charge in [0.1, 0.15) is 11.3 Å². The van der Waals surface area contributed by atoms with E-state index in [1.54, 1.807) is 26.0 Å². The summed E-state index contributed by atoms with van der Waals surface area (Å²) in [7, 11) is 3.18. The van der Waals surface area contributed by atoms with E-state index < -0.39 is 5.97 Å². The second-order valence-corrected chi connectivity index (χ2v) is 5.27. The first-order chi connectivity index (χ1) is 10.5. The van der Waals surface area contributed by atoms with Crippen LogP contribution < -0.4 is 0 Å². The highest BCUT2D eigenvalue weighted by atomic mass is 16.5. The van der Waals surface area contributed by atoms with Crippen molar-refractivity contribution in [1.82, 2.24) is 4.90 Å². The van der Waals surface area contributed by atoms with Gasteiger partial charge in [0, 0.05) is 33.3 Å². The predicted molar refractivity (Wildman–Crippen MR) is 77.2 cm³/mol. The molecule has 0 aromatic carbocycles. The molecule has 0 aliphatic carbocycles. The molecule has 1 amide bonds. The first-order valence-corrected chi connectivity index (χ1v) is 7.20. The number of carboxylic acid groups (broad SMARTS) is 1. The normalized spacial score (nSPS) is 21.3. The van der Waals surface area contributed by atoms with Gasteiger partial charge in [-0.3, -0.25) is 4.79 Å². The van der Waals surface area contributed by atoms with E-state index in [0.717, 1.165) is 0 Å². The van der Waals surface area contributed by atoms with Crippen molar-refractivity contribution in [2.45, 2.75) is 31.9 Å². The average Bonchev–Trinajstić information content (AvgIpc) is 3.10. The molecular weight excluding hydrogens is 290 g/mol. The molecule has 2 atom stereocenters. The van der Waals surface area contributed by atoms with Crippen molar-refractivity contribution in [3.8, 4) is 0 Å².